The van der Waals surface area contributed by atoms with E-state index in [4.69, 9.17) is 9.73 Å². The standard InChI is InChI=1S/C27H21N3O3S/c1-2-33-26(32)22-23(19-9-5-3-6-10-19)29-27-30(24(22)20-11-7-4-8-12-20)25(31)21(34-27)17-18-13-15-28-16-14-18/h3-17,24H,2H2,1H3/b21-17-/t24-/m0/s1. The van der Waals surface area contributed by atoms with E-state index < -0.39 is 12.0 Å². The molecule has 5 rings (SSSR count). The summed E-state index contributed by atoms with van der Waals surface area (Å²) in [6, 6.07) is 22.1. The lowest BCUT2D eigenvalue weighted by Crippen LogP contribution is -2.39. The summed E-state index contributed by atoms with van der Waals surface area (Å²) < 4.78 is 7.59. The van der Waals surface area contributed by atoms with Gasteiger partial charge >= 0.3 is 5.97 Å². The van der Waals surface area contributed by atoms with Gasteiger partial charge in [-0.05, 0) is 36.3 Å². The third-order valence-electron chi connectivity index (χ3n) is 5.49. The first-order valence-electron chi connectivity index (χ1n) is 10.9. The highest BCUT2D eigenvalue weighted by Gasteiger charge is 2.34. The third-order valence-corrected chi connectivity index (χ3v) is 6.48. The molecular formula is C27H21N3O3S. The summed E-state index contributed by atoms with van der Waals surface area (Å²) in [5, 5.41) is 0. The van der Waals surface area contributed by atoms with Gasteiger partial charge in [-0.15, -0.1) is 0 Å². The molecule has 2 aromatic heterocycles. The van der Waals surface area contributed by atoms with Crippen LogP contribution in [0.3, 0.4) is 0 Å². The lowest BCUT2D eigenvalue weighted by molar-refractivity contribution is -0.138. The van der Waals surface area contributed by atoms with Crippen LogP contribution in [-0.2, 0) is 9.53 Å². The Balaban J connectivity index is 1.84. The van der Waals surface area contributed by atoms with Crippen molar-refractivity contribution in [1.82, 2.24) is 9.55 Å². The Morgan fingerprint density at radius 2 is 1.71 bits per heavy atom. The van der Waals surface area contributed by atoms with Crippen LogP contribution in [0.1, 0.15) is 29.7 Å². The Morgan fingerprint density at radius 3 is 2.38 bits per heavy atom. The number of fused-ring (bicyclic) bond motifs is 1. The van der Waals surface area contributed by atoms with Crippen molar-refractivity contribution in [3.8, 4) is 0 Å². The first kappa shape index (κ1) is 21.7. The Kier molecular flexibility index (Phi) is 6.01. The number of carbonyl (C=O) groups excluding carboxylic acids is 1. The van der Waals surface area contributed by atoms with E-state index in [0.717, 1.165) is 16.7 Å². The summed E-state index contributed by atoms with van der Waals surface area (Å²) in [4.78, 5) is 36.4. The molecule has 1 aliphatic heterocycles. The fourth-order valence-corrected chi connectivity index (χ4v) is 5.00. The van der Waals surface area contributed by atoms with Gasteiger partial charge in [0.2, 0.25) is 0 Å². The molecular weight excluding hydrogens is 446 g/mol. The fourth-order valence-electron chi connectivity index (χ4n) is 4.00. The van der Waals surface area contributed by atoms with Gasteiger partial charge in [0.1, 0.15) is 0 Å². The smallest absolute Gasteiger partial charge is 0.338 e. The summed E-state index contributed by atoms with van der Waals surface area (Å²) in [6.45, 7) is 1.99. The topological polar surface area (TPSA) is 73.6 Å². The van der Waals surface area contributed by atoms with E-state index in [1.54, 1.807) is 23.9 Å². The van der Waals surface area contributed by atoms with E-state index in [9.17, 15) is 9.59 Å². The molecule has 0 fully saturated rings. The van der Waals surface area contributed by atoms with Crippen molar-refractivity contribution in [2.24, 2.45) is 4.99 Å². The zero-order valence-corrected chi connectivity index (χ0v) is 19.2. The van der Waals surface area contributed by atoms with Crippen LogP contribution in [0.5, 0.6) is 0 Å². The number of aromatic nitrogens is 2. The molecule has 0 saturated heterocycles. The van der Waals surface area contributed by atoms with E-state index in [1.807, 2.05) is 78.9 Å². The Morgan fingerprint density at radius 1 is 1.03 bits per heavy atom. The lowest BCUT2D eigenvalue weighted by Gasteiger charge is -2.25. The summed E-state index contributed by atoms with van der Waals surface area (Å²) in [7, 11) is 0. The number of benzene rings is 2. The second kappa shape index (κ2) is 9.41. The minimum absolute atomic E-state index is 0.205. The van der Waals surface area contributed by atoms with Crippen molar-refractivity contribution in [3.05, 3.63) is 127 Å². The number of hydrogen-bond acceptors (Lipinski definition) is 6. The molecule has 6 nitrogen and oxygen atoms in total. The lowest BCUT2D eigenvalue weighted by atomic mass is 9.93. The molecule has 1 aliphatic rings. The first-order valence-corrected chi connectivity index (χ1v) is 11.7. The number of esters is 1. The summed E-state index contributed by atoms with van der Waals surface area (Å²) in [5.41, 5.74) is 3.13. The molecule has 7 heteroatoms. The van der Waals surface area contributed by atoms with Crippen LogP contribution in [0.4, 0.5) is 0 Å². The molecule has 3 heterocycles. The molecule has 0 spiro atoms. The zero-order valence-electron chi connectivity index (χ0n) is 18.4. The van der Waals surface area contributed by atoms with Crippen LogP contribution >= 0.6 is 11.3 Å². The van der Waals surface area contributed by atoms with Crippen molar-refractivity contribution >= 4 is 29.1 Å². The van der Waals surface area contributed by atoms with Crippen LogP contribution in [-0.4, -0.2) is 22.1 Å². The van der Waals surface area contributed by atoms with Crippen LogP contribution in [0.2, 0.25) is 0 Å². The summed E-state index contributed by atoms with van der Waals surface area (Å²) in [5.74, 6) is -0.484. The monoisotopic (exact) mass is 467 g/mol. The molecule has 4 aromatic rings. The molecule has 0 aliphatic carbocycles. The molecule has 0 unspecified atom stereocenters. The molecule has 168 valence electrons. The second-order valence-corrected chi connectivity index (χ2v) is 8.63. The molecule has 2 aromatic carbocycles. The highest BCUT2D eigenvalue weighted by molar-refractivity contribution is 7.07. The van der Waals surface area contributed by atoms with Crippen LogP contribution in [0.15, 0.2) is 101 Å². The Bertz CT molecular complexity index is 1540. The van der Waals surface area contributed by atoms with Gasteiger partial charge in [0.05, 0.1) is 28.5 Å². The van der Waals surface area contributed by atoms with Crippen molar-refractivity contribution in [2.75, 3.05) is 6.61 Å². The van der Waals surface area contributed by atoms with Crippen molar-refractivity contribution in [1.29, 1.82) is 0 Å². The summed E-state index contributed by atoms with van der Waals surface area (Å²) in [6.07, 6.45) is 5.19. The Labute approximate surface area is 199 Å². The average molecular weight is 468 g/mol. The van der Waals surface area contributed by atoms with Gasteiger partial charge in [-0.1, -0.05) is 72.0 Å². The van der Waals surface area contributed by atoms with Gasteiger partial charge in [-0.2, -0.15) is 0 Å². The minimum atomic E-state index is -0.661. The SMILES string of the molecule is CCOC(=O)C1=C(c2ccccc2)N=c2s/c(=C\c3ccncc3)c(=O)n2[C@H]1c1ccccc1. The number of thiazole rings is 1. The number of pyridine rings is 1. The van der Waals surface area contributed by atoms with Crippen LogP contribution < -0.4 is 14.9 Å². The number of hydrogen-bond donors (Lipinski definition) is 0. The van der Waals surface area contributed by atoms with Gasteiger partial charge < -0.3 is 4.74 Å². The van der Waals surface area contributed by atoms with E-state index in [1.165, 1.54) is 11.3 Å². The maximum atomic E-state index is 13.7. The summed E-state index contributed by atoms with van der Waals surface area (Å²) >= 11 is 1.30. The van der Waals surface area contributed by atoms with Gasteiger partial charge in [-0.25, -0.2) is 9.79 Å². The van der Waals surface area contributed by atoms with Gasteiger partial charge in [-0.3, -0.25) is 14.3 Å². The normalized spacial score (nSPS) is 15.6. The molecule has 0 amide bonds. The molecule has 0 radical (unpaired) electrons. The van der Waals surface area contributed by atoms with Crippen molar-refractivity contribution < 1.29 is 9.53 Å². The minimum Gasteiger partial charge on any atom is -0.463 e. The van der Waals surface area contributed by atoms with Gasteiger partial charge in [0.15, 0.2) is 4.80 Å². The maximum Gasteiger partial charge on any atom is 0.338 e. The highest BCUT2D eigenvalue weighted by Crippen LogP contribution is 2.34. The van der Waals surface area contributed by atoms with E-state index >= 15 is 0 Å². The molecule has 0 saturated carbocycles. The van der Waals surface area contributed by atoms with Crippen molar-refractivity contribution in [2.45, 2.75) is 13.0 Å². The number of nitrogens with zero attached hydrogens (tertiary/aromatic N) is 3. The van der Waals surface area contributed by atoms with Gasteiger partial charge in [0, 0.05) is 18.0 Å². The van der Waals surface area contributed by atoms with E-state index in [2.05, 4.69) is 4.98 Å². The number of ether oxygens (including phenoxy) is 1. The zero-order chi connectivity index (χ0) is 23.5. The van der Waals surface area contributed by atoms with E-state index in [0.29, 0.717) is 20.6 Å². The van der Waals surface area contributed by atoms with E-state index in [-0.39, 0.29) is 12.2 Å². The fraction of sp³-hybridized carbons (Fsp3) is 0.111. The Hall–Kier alpha value is -4.10. The quantitative estimate of drug-likeness (QED) is 0.422. The van der Waals surface area contributed by atoms with Crippen molar-refractivity contribution in [3.63, 3.8) is 0 Å². The maximum absolute atomic E-state index is 13.7. The van der Waals surface area contributed by atoms with Gasteiger partial charge in [0.25, 0.3) is 5.56 Å². The second-order valence-electron chi connectivity index (χ2n) is 7.62. The predicted octanol–water partition coefficient (Wildman–Crippen LogP) is 3.33. The molecule has 0 N–H and O–H groups in total. The first-order chi connectivity index (χ1) is 16.7. The molecule has 1 atom stereocenters. The molecule has 0 bridgehead atoms. The number of rotatable bonds is 5. The number of carbonyl (C=O) groups is 1. The highest BCUT2D eigenvalue weighted by atomic mass is 32.1. The molecule has 34 heavy (non-hydrogen) atoms. The predicted molar refractivity (Wildman–Crippen MR) is 132 cm³/mol. The van der Waals surface area contributed by atoms with Crippen LogP contribution in [0.25, 0.3) is 11.8 Å². The average Bonchev–Trinajstić information content (AvgIpc) is 3.19. The third kappa shape index (κ3) is 4.02. The largest absolute Gasteiger partial charge is 0.463 e. The van der Waals surface area contributed by atoms with Crippen LogP contribution in [0, 0.1) is 0 Å².